The number of amides is 1. The zero-order valence-electron chi connectivity index (χ0n) is 17.0. The van der Waals surface area contributed by atoms with E-state index >= 15 is 0 Å². The topological polar surface area (TPSA) is 56.7 Å². The van der Waals surface area contributed by atoms with Gasteiger partial charge in [0, 0.05) is 54.1 Å². The van der Waals surface area contributed by atoms with E-state index in [9.17, 15) is 9.18 Å². The largest absolute Gasteiger partial charge is 0.353 e. The van der Waals surface area contributed by atoms with Crippen molar-refractivity contribution >= 4 is 23.5 Å². The van der Waals surface area contributed by atoms with E-state index in [0.717, 1.165) is 44.7 Å². The molecule has 0 aromatic heterocycles. The molecule has 3 unspecified atom stereocenters. The van der Waals surface area contributed by atoms with Crippen LogP contribution in [0.2, 0.25) is 5.02 Å². The van der Waals surface area contributed by atoms with E-state index in [-0.39, 0.29) is 29.7 Å². The van der Waals surface area contributed by atoms with Crippen molar-refractivity contribution in [2.75, 3.05) is 19.6 Å². The number of nitrogens with zero attached hydrogens (tertiary/aromatic N) is 2. The van der Waals surface area contributed by atoms with Crippen LogP contribution in [0.25, 0.3) is 0 Å². The monoisotopic (exact) mass is 420 g/mol. The number of aliphatic imine (C=N–C) groups is 1. The minimum atomic E-state index is -0.245. The van der Waals surface area contributed by atoms with Gasteiger partial charge in [0.25, 0.3) is 0 Å². The summed E-state index contributed by atoms with van der Waals surface area (Å²) in [5, 5.41) is 7.40. The van der Waals surface area contributed by atoms with E-state index < -0.39 is 0 Å². The van der Waals surface area contributed by atoms with Crippen molar-refractivity contribution in [3.05, 3.63) is 34.6 Å². The van der Waals surface area contributed by atoms with Gasteiger partial charge in [-0.2, -0.15) is 0 Å². The summed E-state index contributed by atoms with van der Waals surface area (Å²) in [6.07, 6.45) is 6.20. The van der Waals surface area contributed by atoms with Crippen LogP contribution in [0, 0.1) is 11.7 Å². The van der Waals surface area contributed by atoms with Gasteiger partial charge in [-0.3, -0.25) is 9.79 Å². The third-order valence-electron chi connectivity index (χ3n) is 6.34. The van der Waals surface area contributed by atoms with E-state index in [1.54, 1.807) is 12.1 Å². The molecule has 1 amide bonds. The first-order valence-electron chi connectivity index (χ1n) is 10.9. The Hall–Kier alpha value is -1.82. The molecule has 3 atom stereocenters. The second kappa shape index (κ2) is 8.90. The first-order valence-corrected chi connectivity index (χ1v) is 11.2. The second-order valence-electron chi connectivity index (χ2n) is 8.45. The third kappa shape index (κ3) is 4.68. The molecule has 3 fully saturated rings. The van der Waals surface area contributed by atoms with Crippen molar-refractivity contribution in [1.82, 2.24) is 15.5 Å². The second-order valence-corrected chi connectivity index (χ2v) is 8.85. The Morgan fingerprint density at radius 2 is 2.07 bits per heavy atom. The van der Waals surface area contributed by atoms with Gasteiger partial charge < -0.3 is 15.5 Å². The molecule has 0 bridgehead atoms. The molecule has 1 aliphatic heterocycles. The molecule has 1 aromatic rings. The fourth-order valence-electron chi connectivity index (χ4n) is 4.71. The minimum absolute atomic E-state index is 0.0663. The van der Waals surface area contributed by atoms with Gasteiger partial charge in [-0.25, -0.2) is 4.39 Å². The molecule has 2 N–H and O–H groups in total. The lowest BCUT2D eigenvalue weighted by Crippen LogP contribution is -2.46. The molecule has 3 aliphatic rings. The van der Waals surface area contributed by atoms with Crippen LogP contribution in [0.1, 0.15) is 56.9 Å². The molecule has 0 radical (unpaired) electrons. The Bertz CT molecular complexity index is 760. The highest BCUT2D eigenvalue weighted by Crippen LogP contribution is 2.44. The van der Waals surface area contributed by atoms with E-state index in [1.165, 1.54) is 18.9 Å². The van der Waals surface area contributed by atoms with E-state index in [0.29, 0.717) is 23.0 Å². The van der Waals surface area contributed by atoms with Gasteiger partial charge in [0.2, 0.25) is 5.91 Å². The zero-order valence-corrected chi connectivity index (χ0v) is 17.7. The summed E-state index contributed by atoms with van der Waals surface area (Å²) in [5.41, 5.74) is 0.594. The van der Waals surface area contributed by atoms with Gasteiger partial charge in [0.05, 0.1) is 0 Å². The highest BCUT2D eigenvalue weighted by atomic mass is 35.5. The summed E-state index contributed by atoms with van der Waals surface area (Å²) in [6, 6.07) is 5.16. The van der Waals surface area contributed by atoms with Crippen molar-refractivity contribution in [3.63, 3.8) is 0 Å². The summed E-state index contributed by atoms with van der Waals surface area (Å²) in [6.45, 7) is 4.19. The van der Waals surface area contributed by atoms with Crippen LogP contribution >= 0.6 is 11.6 Å². The van der Waals surface area contributed by atoms with Crippen molar-refractivity contribution in [3.8, 4) is 0 Å². The summed E-state index contributed by atoms with van der Waals surface area (Å²) in [7, 11) is 0. The van der Waals surface area contributed by atoms with Gasteiger partial charge >= 0.3 is 0 Å². The highest BCUT2D eigenvalue weighted by molar-refractivity contribution is 6.31. The molecule has 1 saturated heterocycles. The number of rotatable bonds is 5. The standard InChI is InChI=1S/C22H30ClFN4O/c1-2-25-22(27-19-12-16(19)20-17(23)8-5-9-18(20)24)26-15-10-11-28(13-15)21(29)14-6-3-4-7-14/h5,8-9,14-16,19H,2-4,6-7,10-13H2,1H3,(H2,25,26,27). The minimum Gasteiger partial charge on any atom is -0.353 e. The first kappa shape index (κ1) is 20.5. The maximum Gasteiger partial charge on any atom is 0.225 e. The lowest BCUT2D eigenvalue weighted by Gasteiger charge is -2.21. The number of benzene rings is 1. The molecular weight excluding hydrogens is 391 g/mol. The Morgan fingerprint density at radius 1 is 1.28 bits per heavy atom. The van der Waals surface area contributed by atoms with E-state index in [1.807, 2.05) is 11.8 Å². The van der Waals surface area contributed by atoms with Crippen LogP contribution < -0.4 is 10.6 Å². The van der Waals surface area contributed by atoms with Crippen molar-refractivity contribution < 1.29 is 9.18 Å². The van der Waals surface area contributed by atoms with Gasteiger partial charge in [0.1, 0.15) is 5.82 Å². The molecular formula is C22H30ClFN4O. The summed E-state index contributed by atoms with van der Waals surface area (Å²) < 4.78 is 14.2. The van der Waals surface area contributed by atoms with Crippen LogP contribution in [0.5, 0.6) is 0 Å². The molecule has 29 heavy (non-hydrogen) atoms. The molecule has 5 nitrogen and oxygen atoms in total. The summed E-state index contributed by atoms with van der Waals surface area (Å²) >= 11 is 6.21. The Balaban J connectivity index is 1.32. The molecule has 1 heterocycles. The average molecular weight is 421 g/mol. The van der Waals surface area contributed by atoms with Gasteiger partial charge in [-0.05, 0) is 44.7 Å². The fourth-order valence-corrected chi connectivity index (χ4v) is 5.01. The maximum atomic E-state index is 14.2. The lowest BCUT2D eigenvalue weighted by molar-refractivity contribution is -0.134. The lowest BCUT2D eigenvalue weighted by atomic mass is 10.1. The molecule has 4 rings (SSSR count). The van der Waals surface area contributed by atoms with Crippen molar-refractivity contribution in [2.45, 2.75) is 63.5 Å². The predicted octanol–water partition coefficient (Wildman–Crippen LogP) is 3.68. The average Bonchev–Trinajstić information content (AvgIpc) is 3.11. The molecule has 2 saturated carbocycles. The van der Waals surface area contributed by atoms with E-state index in [4.69, 9.17) is 11.6 Å². The summed E-state index contributed by atoms with van der Waals surface area (Å²) in [4.78, 5) is 19.2. The Morgan fingerprint density at radius 3 is 2.79 bits per heavy atom. The van der Waals surface area contributed by atoms with Crippen LogP contribution in [0.4, 0.5) is 4.39 Å². The number of guanidine groups is 1. The molecule has 2 aliphatic carbocycles. The van der Waals surface area contributed by atoms with Crippen LogP contribution in [-0.2, 0) is 4.79 Å². The Kier molecular flexibility index (Phi) is 6.28. The number of hydrogen-bond acceptors (Lipinski definition) is 2. The molecule has 158 valence electrons. The number of nitrogens with one attached hydrogen (secondary N) is 2. The number of carbonyl (C=O) groups excluding carboxylic acids is 1. The molecule has 1 aromatic carbocycles. The maximum absolute atomic E-state index is 14.2. The van der Waals surface area contributed by atoms with Crippen molar-refractivity contribution in [1.29, 1.82) is 0 Å². The van der Waals surface area contributed by atoms with Gasteiger partial charge in [-0.1, -0.05) is 30.5 Å². The fraction of sp³-hybridized carbons (Fsp3) is 0.636. The van der Waals surface area contributed by atoms with Gasteiger partial charge in [-0.15, -0.1) is 0 Å². The molecule has 0 spiro atoms. The van der Waals surface area contributed by atoms with Crippen molar-refractivity contribution in [2.24, 2.45) is 10.9 Å². The summed E-state index contributed by atoms with van der Waals surface area (Å²) in [5.74, 6) is 1.12. The Labute approximate surface area is 177 Å². The number of carbonyl (C=O) groups is 1. The van der Waals surface area contributed by atoms with Crippen LogP contribution in [0.15, 0.2) is 23.2 Å². The highest BCUT2D eigenvalue weighted by Gasteiger charge is 2.42. The zero-order chi connectivity index (χ0) is 20.4. The van der Waals surface area contributed by atoms with Crippen LogP contribution in [-0.4, -0.2) is 48.5 Å². The first-order chi connectivity index (χ1) is 14.1. The number of hydrogen-bond donors (Lipinski definition) is 2. The molecule has 7 heteroatoms. The smallest absolute Gasteiger partial charge is 0.225 e. The van der Waals surface area contributed by atoms with E-state index in [2.05, 4.69) is 15.6 Å². The third-order valence-corrected chi connectivity index (χ3v) is 6.67. The quantitative estimate of drug-likeness (QED) is 0.564. The number of likely N-dealkylation sites (tertiary alicyclic amines) is 1. The predicted molar refractivity (Wildman–Crippen MR) is 114 cm³/mol. The SMILES string of the molecule is CCN=C(NC1CCN(C(=O)C2CCCC2)C1)NC1CC1c1c(F)cccc1Cl. The van der Waals surface area contributed by atoms with Crippen LogP contribution in [0.3, 0.4) is 0 Å². The number of halogens is 2. The van der Waals surface area contributed by atoms with Gasteiger partial charge in [0.15, 0.2) is 5.96 Å². The normalized spacial score (nSPS) is 27.3.